The Morgan fingerprint density at radius 2 is 1.64 bits per heavy atom. The minimum atomic E-state index is -4.39. The van der Waals surface area contributed by atoms with Gasteiger partial charge in [-0.3, -0.25) is 9.03 Å². The Balaban J connectivity index is 1.66. The lowest BCUT2D eigenvalue weighted by Crippen LogP contribution is -2.36. The fourth-order valence-electron chi connectivity index (χ4n) is 3.71. The molecule has 0 aromatic heterocycles. The van der Waals surface area contributed by atoms with Crippen molar-refractivity contribution in [3.63, 3.8) is 0 Å². The van der Waals surface area contributed by atoms with Crippen molar-refractivity contribution in [3.8, 4) is 0 Å². The Morgan fingerprint density at radius 3 is 2.36 bits per heavy atom. The zero-order chi connectivity index (χ0) is 23.8. The van der Waals surface area contributed by atoms with Crippen LogP contribution in [0.3, 0.4) is 0 Å². The Kier molecular flexibility index (Phi) is 6.10. The molecule has 0 unspecified atom stereocenters. The van der Waals surface area contributed by atoms with Crippen LogP contribution >= 0.6 is 0 Å². The van der Waals surface area contributed by atoms with E-state index in [1.807, 2.05) is 0 Å². The minimum absolute atomic E-state index is 0.0188. The van der Waals surface area contributed by atoms with Crippen molar-refractivity contribution >= 4 is 31.4 Å². The smallest absolute Gasteiger partial charge is 0.264 e. The summed E-state index contributed by atoms with van der Waals surface area (Å²) >= 11 is 0. The number of hydrogen-bond acceptors (Lipinski definition) is 4. The van der Waals surface area contributed by atoms with Gasteiger partial charge in [0.05, 0.1) is 17.1 Å². The SMILES string of the molecule is O=S(=O)(Nc1ccc2c(c1)N(S(=O)(=O)Cc1cccc(F)c1)CCC2)c1ccc(F)cc1F. The van der Waals surface area contributed by atoms with Gasteiger partial charge in [0.15, 0.2) is 0 Å². The van der Waals surface area contributed by atoms with Gasteiger partial charge in [-0.25, -0.2) is 30.0 Å². The number of anilines is 2. The molecule has 0 bridgehead atoms. The second kappa shape index (κ2) is 8.71. The molecular formula is C22H19F3N2O4S2. The normalized spacial score (nSPS) is 14.1. The van der Waals surface area contributed by atoms with E-state index in [0.29, 0.717) is 24.5 Å². The summed E-state index contributed by atoms with van der Waals surface area (Å²) < 4.78 is 95.5. The molecule has 0 amide bonds. The number of aryl methyl sites for hydroxylation is 1. The van der Waals surface area contributed by atoms with Gasteiger partial charge in [-0.2, -0.15) is 0 Å². The van der Waals surface area contributed by atoms with E-state index in [0.717, 1.165) is 18.2 Å². The molecule has 0 aliphatic carbocycles. The Morgan fingerprint density at radius 1 is 0.879 bits per heavy atom. The second-order valence-corrected chi connectivity index (χ2v) is 11.1. The second-order valence-electron chi connectivity index (χ2n) is 7.59. The van der Waals surface area contributed by atoms with Crippen LogP contribution in [0.5, 0.6) is 0 Å². The number of nitrogens with one attached hydrogen (secondary N) is 1. The Labute approximate surface area is 189 Å². The van der Waals surface area contributed by atoms with E-state index >= 15 is 0 Å². The molecule has 4 rings (SSSR count). The summed E-state index contributed by atoms with van der Waals surface area (Å²) in [7, 11) is -8.30. The van der Waals surface area contributed by atoms with Crippen LogP contribution in [0.4, 0.5) is 24.5 Å². The highest BCUT2D eigenvalue weighted by Gasteiger charge is 2.29. The predicted octanol–water partition coefficient (Wildman–Crippen LogP) is 4.19. The van der Waals surface area contributed by atoms with E-state index < -0.39 is 48.1 Å². The number of fused-ring (bicyclic) bond motifs is 1. The Bertz CT molecular complexity index is 1430. The van der Waals surface area contributed by atoms with E-state index in [4.69, 9.17) is 0 Å². The highest BCUT2D eigenvalue weighted by molar-refractivity contribution is 7.92. The first-order chi connectivity index (χ1) is 15.5. The molecule has 33 heavy (non-hydrogen) atoms. The number of hydrogen-bond donors (Lipinski definition) is 1. The molecule has 3 aromatic rings. The summed E-state index contributed by atoms with van der Waals surface area (Å²) in [5.41, 5.74) is 1.29. The van der Waals surface area contributed by atoms with E-state index in [-0.39, 0.29) is 23.5 Å². The summed E-state index contributed by atoms with van der Waals surface area (Å²) in [5.74, 6) is -3.15. The maximum absolute atomic E-state index is 14.0. The molecule has 1 aliphatic rings. The summed E-state index contributed by atoms with van der Waals surface area (Å²) in [6.07, 6.45) is 1.14. The molecule has 0 radical (unpaired) electrons. The number of benzene rings is 3. The summed E-state index contributed by atoms with van der Waals surface area (Å²) in [4.78, 5) is -0.739. The van der Waals surface area contributed by atoms with Crippen molar-refractivity contribution in [1.82, 2.24) is 0 Å². The number of rotatable bonds is 6. The quantitative estimate of drug-likeness (QED) is 0.555. The third kappa shape index (κ3) is 4.98. The van der Waals surface area contributed by atoms with Crippen LogP contribution in [0, 0.1) is 17.5 Å². The van der Waals surface area contributed by atoms with Crippen LogP contribution in [0.2, 0.25) is 0 Å². The molecule has 174 valence electrons. The van der Waals surface area contributed by atoms with E-state index in [1.165, 1.54) is 34.6 Å². The van der Waals surface area contributed by atoms with Crippen LogP contribution < -0.4 is 9.03 Å². The molecule has 1 aliphatic heterocycles. The third-order valence-electron chi connectivity index (χ3n) is 5.17. The van der Waals surface area contributed by atoms with Gasteiger partial charge in [0, 0.05) is 12.6 Å². The zero-order valence-corrected chi connectivity index (χ0v) is 18.8. The summed E-state index contributed by atoms with van der Waals surface area (Å²) in [5, 5.41) is 0. The Hall–Kier alpha value is -3.05. The van der Waals surface area contributed by atoms with Gasteiger partial charge in [-0.05, 0) is 60.4 Å². The monoisotopic (exact) mass is 496 g/mol. The average molecular weight is 497 g/mol. The van der Waals surface area contributed by atoms with Crippen molar-refractivity contribution in [2.24, 2.45) is 0 Å². The lowest BCUT2D eigenvalue weighted by molar-refractivity contribution is 0.551. The van der Waals surface area contributed by atoms with Gasteiger partial charge in [0.25, 0.3) is 10.0 Å². The number of nitrogens with zero attached hydrogens (tertiary/aromatic N) is 1. The van der Waals surface area contributed by atoms with Crippen molar-refractivity contribution < 1.29 is 30.0 Å². The standard InChI is InChI=1S/C22H19F3N2O4S2/c23-17-5-1-3-15(11-17)14-32(28,29)27-10-2-4-16-6-8-19(13-21(16)27)26-33(30,31)22-9-7-18(24)12-20(22)25/h1,3,5-9,11-13,26H,2,4,10,14H2. The van der Waals surface area contributed by atoms with Crippen molar-refractivity contribution in [3.05, 3.63) is 89.2 Å². The van der Waals surface area contributed by atoms with Crippen LogP contribution in [0.15, 0.2) is 65.6 Å². The van der Waals surface area contributed by atoms with Gasteiger partial charge in [0.1, 0.15) is 22.3 Å². The van der Waals surface area contributed by atoms with E-state index in [9.17, 15) is 30.0 Å². The summed E-state index contributed by atoms with van der Waals surface area (Å²) in [6, 6.07) is 11.8. The fraction of sp³-hybridized carbons (Fsp3) is 0.182. The predicted molar refractivity (Wildman–Crippen MR) is 118 cm³/mol. The number of sulfonamides is 2. The van der Waals surface area contributed by atoms with Crippen molar-refractivity contribution in [2.75, 3.05) is 15.6 Å². The zero-order valence-electron chi connectivity index (χ0n) is 17.1. The van der Waals surface area contributed by atoms with Crippen LogP contribution in [-0.2, 0) is 32.2 Å². The molecule has 11 heteroatoms. The maximum Gasteiger partial charge on any atom is 0.264 e. The molecule has 0 saturated carbocycles. The van der Waals surface area contributed by atoms with E-state index in [2.05, 4.69) is 4.72 Å². The van der Waals surface area contributed by atoms with Gasteiger partial charge in [-0.1, -0.05) is 18.2 Å². The largest absolute Gasteiger partial charge is 0.279 e. The van der Waals surface area contributed by atoms with Gasteiger partial charge < -0.3 is 0 Å². The summed E-state index contributed by atoms with van der Waals surface area (Å²) in [6.45, 7) is 0.174. The molecule has 1 heterocycles. The molecule has 0 fully saturated rings. The lowest BCUT2D eigenvalue weighted by atomic mass is 10.0. The molecule has 6 nitrogen and oxygen atoms in total. The highest BCUT2D eigenvalue weighted by Crippen LogP contribution is 2.34. The van der Waals surface area contributed by atoms with Crippen molar-refractivity contribution in [1.29, 1.82) is 0 Å². The first kappa shape index (κ1) is 23.1. The van der Waals surface area contributed by atoms with Crippen LogP contribution in [0.25, 0.3) is 0 Å². The molecule has 0 atom stereocenters. The number of halogens is 3. The molecule has 0 saturated heterocycles. The van der Waals surface area contributed by atoms with E-state index in [1.54, 1.807) is 6.07 Å². The van der Waals surface area contributed by atoms with Crippen LogP contribution in [0.1, 0.15) is 17.5 Å². The molecule has 3 aromatic carbocycles. The first-order valence-electron chi connectivity index (χ1n) is 9.91. The fourth-order valence-corrected chi connectivity index (χ4v) is 6.46. The van der Waals surface area contributed by atoms with Gasteiger partial charge in [-0.15, -0.1) is 0 Å². The van der Waals surface area contributed by atoms with Gasteiger partial charge in [0.2, 0.25) is 10.0 Å². The van der Waals surface area contributed by atoms with Gasteiger partial charge >= 0.3 is 0 Å². The molecule has 1 N–H and O–H groups in total. The third-order valence-corrected chi connectivity index (χ3v) is 8.33. The molecular weight excluding hydrogens is 477 g/mol. The highest BCUT2D eigenvalue weighted by atomic mass is 32.2. The maximum atomic E-state index is 14.0. The average Bonchev–Trinajstić information content (AvgIpc) is 2.72. The lowest BCUT2D eigenvalue weighted by Gasteiger charge is -2.31. The van der Waals surface area contributed by atoms with Crippen molar-refractivity contribution in [2.45, 2.75) is 23.5 Å². The van der Waals surface area contributed by atoms with Crippen LogP contribution in [-0.4, -0.2) is 23.4 Å². The minimum Gasteiger partial charge on any atom is -0.279 e. The molecule has 0 spiro atoms. The first-order valence-corrected chi connectivity index (χ1v) is 13.0. The topological polar surface area (TPSA) is 83.6 Å².